The fraction of sp³-hybridized carbons (Fsp3) is 0.462. The van der Waals surface area contributed by atoms with Gasteiger partial charge in [0.05, 0.1) is 17.0 Å². The molecule has 0 aliphatic heterocycles. The maximum atomic E-state index is 12.6. The van der Waals surface area contributed by atoms with Gasteiger partial charge in [0.15, 0.2) is 0 Å². The molecular weight excluding hydrogens is 303 g/mol. The summed E-state index contributed by atoms with van der Waals surface area (Å²) in [6, 6.07) is 2.10. The lowest BCUT2D eigenvalue weighted by atomic mass is 10.1. The lowest BCUT2D eigenvalue weighted by Gasteiger charge is -2.20. The number of rotatable bonds is 5. The van der Waals surface area contributed by atoms with Crippen molar-refractivity contribution in [1.82, 2.24) is 5.32 Å². The number of carbonyl (C=O) groups excluding carboxylic acids is 1. The highest BCUT2D eigenvalue weighted by Gasteiger charge is 2.33. The van der Waals surface area contributed by atoms with Gasteiger partial charge < -0.3 is 10.2 Å². The largest absolute Gasteiger partial charge is 0.416 e. The van der Waals surface area contributed by atoms with Gasteiger partial charge in [-0.2, -0.15) is 13.2 Å². The van der Waals surface area contributed by atoms with Crippen molar-refractivity contribution in [1.29, 1.82) is 0 Å². The minimum Gasteiger partial charge on any atom is -0.360 e. The molecule has 0 heterocycles. The van der Waals surface area contributed by atoms with Crippen LogP contribution in [0, 0.1) is 10.1 Å². The Morgan fingerprint density at radius 1 is 1.41 bits per heavy atom. The van der Waals surface area contributed by atoms with Crippen LogP contribution in [0.5, 0.6) is 0 Å². The van der Waals surface area contributed by atoms with Gasteiger partial charge in [0.25, 0.3) is 5.69 Å². The Morgan fingerprint density at radius 3 is 2.45 bits per heavy atom. The molecule has 9 heteroatoms. The smallest absolute Gasteiger partial charge is 0.360 e. The van der Waals surface area contributed by atoms with E-state index in [2.05, 4.69) is 5.32 Å². The van der Waals surface area contributed by atoms with Crippen molar-refractivity contribution in [2.24, 2.45) is 0 Å². The number of halogens is 3. The van der Waals surface area contributed by atoms with Gasteiger partial charge in [-0.3, -0.25) is 14.9 Å². The second kappa shape index (κ2) is 6.63. The molecule has 6 nitrogen and oxygen atoms in total. The van der Waals surface area contributed by atoms with Crippen LogP contribution in [0.2, 0.25) is 0 Å². The monoisotopic (exact) mass is 319 g/mol. The second-order valence-electron chi connectivity index (χ2n) is 5.04. The van der Waals surface area contributed by atoms with Gasteiger partial charge in [-0.05, 0) is 26.0 Å². The van der Waals surface area contributed by atoms with E-state index in [9.17, 15) is 28.1 Å². The summed E-state index contributed by atoms with van der Waals surface area (Å²) in [5, 5.41) is 13.6. The quantitative estimate of drug-likeness (QED) is 0.668. The van der Waals surface area contributed by atoms with Crippen molar-refractivity contribution >= 4 is 17.3 Å². The van der Waals surface area contributed by atoms with Crippen molar-refractivity contribution in [3.63, 3.8) is 0 Å². The molecule has 1 aromatic carbocycles. The van der Waals surface area contributed by atoms with E-state index < -0.39 is 22.4 Å². The molecule has 0 aliphatic carbocycles. The van der Waals surface area contributed by atoms with Crippen LogP contribution in [-0.4, -0.2) is 30.5 Å². The number of hydrogen-bond donors (Lipinski definition) is 1. The first-order chi connectivity index (χ1) is 10.0. The molecule has 0 unspecified atom stereocenters. The molecule has 0 fully saturated rings. The van der Waals surface area contributed by atoms with Crippen LogP contribution in [0.3, 0.4) is 0 Å². The third kappa shape index (κ3) is 4.61. The Morgan fingerprint density at radius 2 is 2.00 bits per heavy atom. The molecular formula is C13H16F3N3O3. The van der Waals surface area contributed by atoms with Gasteiger partial charge in [0.2, 0.25) is 5.91 Å². The normalized spacial score (nSPS) is 11.4. The summed E-state index contributed by atoms with van der Waals surface area (Å²) in [5.41, 5.74) is -1.87. The predicted octanol–water partition coefficient (Wildman–Crippen LogP) is 2.57. The average Bonchev–Trinajstić information content (AvgIpc) is 2.35. The van der Waals surface area contributed by atoms with E-state index in [4.69, 9.17) is 0 Å². The molecule has 1 aromatic rings. The number of alkyl halides is 3. The van der Waals surface area contributed by atoms with Gasteiger partial charge >= 0.3 is 6.18 Å². The molecule has 22 heavy (non-hydrogen) atoms. The summed E-state index contributed by atoms with van der Waals surface area (Å²) < 4.78 is 37.9. The molecule has 0 saturated carbocycles. The van der Waals surface area contributed by atoms with Crippen LogP contribution in [0.4, 0.5) is 24.5 Å². The Hall–Kier alpha value is -2.32. The Balaban J connectivity index is 3.08. The number of anilines is 1. The van der Waals surface area contributed by atoms with Gasteiger partial charge in [-0.15, -0.1) is 0 Å². The summed E-state index contributed by atoms with van der Waals surface area (Å²) in [4.78, 5) is 23.0. The number of nitro benzene ring substituents is 1. The summed E-state index contributed by atoms with van der Waals surface area (Å²) in [6.45, 7) is 3.29. The van der Waals surface area contributed by atoms with E-state index in [0.717, 1.165) is 12.1 Å². The number of benzene rings is 1. The minimum atomic E-state index is -4.67. The van der Waals surface area contributed by atoms with Crippen molar-refractivity contribution < 1.29 is 22.9 Å². The molecule has 1 amide bonds. The van der Waals surface area contributed by atoms with E-state index in [1.807, 2.05) is 0 Å². The van der Waals surface area contributed by atoms with E-state index in [1.54, 1.807) is 13.8 Å². The zero-order chi connectivity index (χ0) is 17.1. The summed E-state index contributed by atoms with van der Waals surface area (Å²) in [6.07, 6.45) is -4.67. The highest BCUT2D eigenvalue weighted by atomic mass is 19.4. The summed E-state index contributed by atoms with van der Waals surface area (Å²) >= 11 is 0. The number of likely N-dealkylation sites (N-methyl/N-ethyl adjacent to an activating group) is 1. The number of carbonyl (C=O) groups is 1. The number of hydrogen-bond acceptors (Lipinski definition) is 4. The lowest BCUT2D eigenvalue weighted by Crippen LogP contribution is -2.38. The van der Waals surface area contributed by atoms with E-state index >= 15 is 0 Å². The van der Waals surface area contributed by atoms with Crippen molar-refractivity contribution in [2.45, 2.75) is 26.1 Å². The second-order valence-corrected chi connectivity index (χ2v) is 5.04. The minimum absolute atomic E-state index is 0.0584. The first kappa shape index (κ1) is 17.7. The zero-order valence-corrected chi connectivity index (χ0v) is 12.3. The number of amides is 1. The standard InChI is InChI=1S/C13H16F3N3O3/c1-8(2)17-12(20)7-18(3)10-5-4-9(13(14,15)16)6-11(10)19(21)22/h4-6,8H,7H2,1-3H3,(H,17,20). The Labute approximate surface area is 125 Å². The van der Waals surface area contributed by atoms with E-state index in [-0.39, 0.29) is 24.2 Å². The van der Waals surface area contributed by atoms with Crippen LogP contribution in [0.25, 0.3) is 0 Å². The van der Waals surface area contributed by atoms with Gasteiger partial charge in [0.1, 0.15) is 5.69 Å². The highest BCUT2D eigenvalue weighted by molar-refractivity contribution is 5.82. The fourth-order valence-electron chi connectivity index (χ4n) is 1.84. The molecule has 0 radical (unpaired) electrons. The maximum Gasteiger partial charge on any atom is 0.416 e. The molecule has 0 bridgehead atoms. The Bertz CT molecular complexity index is 573. The highest BCUT2D eigenvalue weighted by Crippen LogP contribution is 2.36. The molecule has 1 N–H and O–H groups in total. The van der Waals surface area contributed by atoms with Gasteiger partial charge in [-0.25, -0.2) is 0 Å². The topological polar surface area (TPSA) is 75.5 Å². The molecule has 0 aliphatic rings. The van der Waals surface area contributed by atoms with Crippen molar-refractivity contribution in [3.05, 3.63) is 33.9 Å². The fourth-order valence-corrected chi connectivity index (χ4v) is 1.84. The average molecular weight is 319 g/mol. The van der Waals surface area contributed by atoms with E-state index in [1.165, 1.54) is 11.9 Å². The molecule has 1 rings (SSSR count). The van der Waals surface area contributed by atoms with Crippen LogP contribution in [0.1, 0.15) is 19.4 Å². The predicted molar refractivity (Wildman–Crippen MR) is 74.6 cm³/mol. The first-order valence-corrected chi connectivity index (χ1v) is 6.38. The SMILES string of the molecule is CC(C)NC(=O)CN(C)c1ccc(C(F)(F)F)cc1[N+](=O)[O-]. The van der Waals surface area contributed by atoms with Crippen LogP contribution >= 0.6 is 0 Å². The third-order valence-corrected chi connectivity index (χ3v) is 2.74. The lowest BCUT2D eigenvalue weighted by molar-refractivity contribution is -0.384. The first-order valence-electron chi connectivity index (χ1n) is 6.38. The van der Waals surface area contributed by atoms with Gasteiger partial charge in [-0.1, -0.05) is 0 Å². The number of nitrogens with zero attached hydrogens (tertiary/aromatic N) is 2. The van der Waals surface area contributed by atoms with Gasteiger partial charge in [0, 0.05) is 19.2 Å². The molecule has 122 valence electrons. The van der Waals surface area contributed by atoms with E-state index in [0.29, 0.717) is 6.07 Å². The molecule has 0 aromatic heterocycles. The zero-order valence-electron chi connectivity index (χ0n) is 12.3. The summed E-state index contributed by atoms with van der Waals surface area (Å²) in [5.74, 6) is -0.383. The van der Waals surface area contributed by atoms with Crippen LogP contribution < -0.4 is 10.2 Å². The van der Waals surface area contributed by atoms with Crippen LogP contribution in [-0.2, 0) is 11.0 Å². The Kier molecular flexibility index (Phi) is 5.34. The third-order valence-electron chi connectivity index (χ3n) is 2.74. The van der Waals surface area contributed by atoms with Crippen molar-refractivity contribution in [3.8, 4) is 0 Å². The van der Waals surface area contributed by atoms with Crippen molar-refractivity contribution in [2.75, 3.05) is 18.5 Å². The van der Waals surface area contributed by atoms with Crippen LogP contribution in [0.15, 0.2) is 18.2 Å². The summed E-state index contributed by atoms with van der Waals surface area (Å²) in [7, 11) is 1.40. The molecule has 0 saturated heterocycles. The molecule has 0 spiro atoms. The number of nitrogens with one attached hydrogen (secondary N) is 1. The maximum absolute atomic E-state index is 12.6. The number of nitro groups is 1. The molecule has 0 atom stereocenters.